The molecule has 0 amide bonds. The Kier molecular flexibility index (Phi) is 4.09. The van der Waals surface area contributed by atoms with Crippen LogP contribution in [0, 0.1) is 0 Å². The van der Waals surface area contributed by atoms with E-state index in [1.807, 2.05) is 17.0 Å². The van der Waals surface area contributed by atoms with E-state index in [9.17, 15) is 8.42 Å². The Bertz CT molecular complexity index is 920. The summed E-state index contributed by atoms with van der Waals surface area (Å²) in [7, 11) is -3.59. The Labute approximate surface area is 148 Å². The first-order valence-corrected chi connectivity index (χ1v) is 9.92. The predicted octanol–water partition coefficient (Wildman–Crippen LogP) is 2.77. The van der Waals surface area contributed by atoms with Gasteiger partial charge in [0.2, 0.25) is 0 Å². The van der Waals surface area contributed by atoms with Crippen molar-refractivity contribution in [3.8, 4) is 0 Å². The molecular formula is C19H20N2O3S. The van der Waals surface area contributed by atoms with Crippen LogP contribution in [0.2, 0.25) is 0 Å². The molecule has 0 spiro atoms. The third kappa shape index (κ3) is 2.96. The van der Waals surface area contributed by atoms with Gasteiger partial charge in [0, 0.05) is 18.7 Å². The number of hydrogen-bond donors (Lipinski definition) is 0. The van der Waals surface area contributed by atoms with Gasteiger partial charge in [-0.2, -0.15) is 8.42 Å². The van der Waals surface area contributed by atoms with Crippen molar-refractivity contribution < 1.29 is 13.2 Å². The highest BCUT2D eigenvalue weighted by Crippen LogP contribution is 2.30. The number of rotatable bonds is 2. The first kappa shape index (κ1) is 16.3. The summed E-state index contributed by atoms with van der Waals surface area (Å²) in [4.78, 5) is 2.31. The number of sulfonamides is 1. The molecule has 0 radical (unpaired) electrons. The van der Waals surface area contributed by atoms with E-state index in [-0.39, 0.29) is 6.10 Å². The van der Waals surface area contributed by atoms with Crippen LogP contribution < -0.4 is 0 Å². The third-order valence-corrected chi connectivity index (χ3v) is 6.06. The summed E-state index contributed by atoms with van der Waals surface area (Å²) < 4.78 is 34.5. The Morgan fingerprint density at radius 3 is 2.68 bits per heavy atom. The van der Waals surface area contributed by atoms with Crippen molar-refractivity contribution in [1.29, 1.82) is 0 Å². The Balaban J connectivity index is 1.62. The molecule has 2 heterocycles. The van der Waals surface area contributed by atoms with E-state index in [0.29, 0.717) is 36.0 Å². The minimum Gasteiger partial charge on any atom is -0.370 e. The van der Waals surface area contributed by atoms with Crippen LogP contribution in [0.3, 0.4) is 0 Å². The van der Waals surface area contributed by atoms with E-state index in [1.165, 1.54) is 5.56 Å². The summed E-state index contributed by atoms with van der Waals surface area (Å²) in [5, 5.41) is 0. The molecule has 2 aliphatic rings. The molecule has 0 aliphatic carbocycles. The van der Waals surface area contributed by atoms with Crippen LogP contribution in [0.5, 0.6) is 0 Å². The van der Waals surface area contributed by atoms with Crippen molar-refractivity contribution in [2.24, 2.45) is 4.40 Å². The fraction of sp³-hybridized carbons (Fsp3) is 0.316. The van der Waals surface area contributed by atoms with Gasteiger partial charge in [-0.3, -0.25) is 0 Å². The molecule has 0 saturated carbocycles. The van der Waals surface area contributed by atoms with E-state index in [4.69, 9.17) is 4.74 Å². The quantitative estimate of drug-likeness (QED) is 0.830. The van der Waals surface area contributed by atoms with Crippen LogP contribution in [0.1, 0.15) is 29.7 Å². The van der Waals surface area contributed by atoms with Gasteiger partial charge in [0.05, 0.1) is 6.61 Å². The second-order valence-corrected chi connectivity index (χ2v) is 7.86. The van der Waals surface area contributed by atoms with Gasteiger partial charge in [0.15, 0.2) is 5.84 Å². The minimum atomic E-state index is -3.59. The molecule has 0 aromatic heterocycles. The lowest BCUT2D eigenvalue weighted by Crippen LogP contribution is -2.42. The highest BCUT2D eigenvalue weighted by Gasteiger charge is 2.34. The fourth-order valence-corrected chi connectivity index (χ4v) is 4.56. The highest BCUT2D eigenvalue weighted by molar-refractivity contribution is 7.90. The number of fused-ring (bicyclic) bond motifs is 1. The van der Waals surface area contributed by atoms with E-state index in [0.717, 1.165) is 12.0 Å². The molecule has 2 aromatic carbocycles. The molecule has 1 unspecified atom stereocenters. The standard InChI is InChI=1S/C19H20N2O3S/c1-2-14-7-9-15(10-8-14)17-13-21(11-12-24-17)19-16-5-3-4-6-18(16)25(22,23)20-19/h3-10,17H,2,11-13H2,1H3. The zero-order chi connectivity index (χ0) is 17.4. The zero-order valence-corrected chi connectivity index (χ0v) is 14.9. The van der Waals surface area contributed by atoms with Gasteiger partial charge in [-0.1, -0.05) is 43.3 Å². The molecule has 1 atom stereocenters. The summed E-state index contributed by atoms with van der Waals surface area (Å²) >= 11 is 0. The summed E-state index contributed by atoms with van der Waals surface area (Å²) in [6.07, 6.45) is 0.918. The van der Waals surface area contributed by atoms with Crippen molar-refractivity contribution >= 4 is 15.9 Å². The lowest BCUT2D eigenvalue weighted by atomic mass is 10.0. The van der Waals surface area contributed by atoms with Gasteiger partial charge in [-0.25, -0.2) is 0 Å². The number of ether oxygens (including phenoxy) is 1. The van der Waals surface area contributed by atoms with Crippen LogP contribution >= 0.6 is 0 Å². The summed E-state index contributed by atoms with van der Waals surface area (Å²) in [5.74, 6) is 0.536. The summed E-state index contributed by atoms with van der Waals surface area (Å²) in [6.45, 7) is 3.89. The smallest absolute Gasteiger partial charge is 0.285 e. The molecule has 25 heavy (non-hydrogen) atoms. The minimum absolute atomic E-state index is 0.0853. The van der Waals surface area contributed by atoms with Gasteiger partial charge >= 0.3 is 0 Å². The molecule has 2 aliphatic heterocycles. The van der Waals surface area contributed by atoms with E-state index in [1.54, 1.807) is 12.1 Å². The van der Waals surface area contributed by atoms with E-state index >= 15 is 0 Å². The van der Waals surface area contributed by atoms with Crippen LogP contribution in [-0.2, 0) is 21.2 Å². The highest BCUT2D eigenvalue weighted by atomic mass is 32.2. The van der Waals surface area contributed by atoms with Crippen molar-refractivity contribution in [3.05, 3.63) is 65.2 Å². The van der Waals surface area contributed by atoms with Crippen molar-refractivity contribution in [1.82, 2.24) is 4.90 Å². The van der Waals surface area contributed by atoms with Crippen LogP contribution in [-0.4, -0.2) is 38.8 Å². The lowest BCUT2D eigenvalue weighted by Gasteiger charge is -2.34. The van der Waals surface area contributed by atoms with Crippen molar-refractivity contribution in [3.63, 3.8) is 0 Å². The van der Waals surface area contributed by atoms with Gasteiger partial charge in [-0.15, -0.1) is 4.40 Å². The molecular weight excluding hydrogens is 336 g/mol. The molecule has 1 saturated heterocycles. The third-order valence-electron chi connectivity index (χ3n) is 4.74. The SMILES string of the molecule is CCc1ccc(C2CN(C3=NS(=O)(=O)c4ccccc43)CCO2)cc1. The second-order valence-electron chi connectivity index (χ2n) is 6.29. The topological polar surface area (TPSA) is 59.0 Å². The number of morpholine rings is 1. The van der Waals surface area contributed by atoms with Crippen molar-refractivity contribution in [2.45, 2.75) is 24.3 Å². The first-order valence-electron chi connectivity index (χ1n) is 8.48. The molecule has 2 aromatic rings. The molecule has 0 N–H and O–H groups in total. The molecule has 5 nitrogen and oxygen atoms in total. The first-order chi connectivity index (χ1) is 12.1. The number of benzene rings is 2. The average Bonchev–Trinajstić information content (AvgIpc) is 2.94. The Morgan fingerprint density at radius 2 is 1.92 bits per heavy atom. The molecule has 0 bridgehead atoms. The van der Waals surface area contributed by atoms with Gasteiger partial charge in [0.1, 0.15) is 11.0 Å². The van der Waals surface area contributed by atoms with Gasteiger partial charge in [0.25, 0.3) is 10.0 Å². The summed E-state index contributed by atoms with van der Waals surface area (Å²) in [6, 6.07) is 15.4. The normalized spacial score (nSPS) is 21.7. The summed E-state index contributed by atoms with van der Waals surface area (Å²) in [5.41, 5.74) is 3.08. The average molecular weight is 356 g/mol. The van der Waals surface area contributed by atoms with Crippen LogP contribution in [0.25, 0.3) is 0 Å². The maximum absolute atomic E-state index is 12.3. The molecule has 130 valence electrons. The monoisotopic (exact) mass is 356 g/mol. The largest absolute Gasteiger partial charge is 0.370 e. The van der Waals surface area contributed by atoms with E-state index in [2.05, 4.69) is 35.6 Å². The molecule has 4 rings (SSSR count). The van der Waals surface area contributed by atoms with Crippen molar-refractivity contribution in [2.75, 3.05) is 19.7 Å². The maximum Gasteiger partial charge on any atom is 0.285 e. The molecule has 1 fully saturated rings. The van der Waals surface area contributed by atoms with Crippen LogP contribution in [0.4, 0.5) is 0 Å². The molecule has 6 heteroatoms. The predicted molar refractivity (Wildman–Crippen MR) is 96.3 cm³/mol. The number of aryl methyl sites for hydroxylation is 1. The van der Waals surface area contributed by atoms with Gasteiger partial charge in [-0.05, 0) is 29.7 Å². The van der Waals surface area contributed by atoms with Crippen LogP contribution in [0.15, 0.2) is 57.8 Å². The Morgan fingerprint density at radius 1 is 1.16 bits per heavy atom. The van der Waals surface area contributed by atoms with E-state index < -0.39 is 10.0 Å². The number of hydrogen-bond acceptors (Lipinski definition) is 4. The number of nitrogens with zero attached hydrogens (tertiary/aromatic N) is 2. The number of amidine groups is 1. The maximum atomic E-state index is 12.3. The second kappa shape index (κ2) is 6.28. The lowest BCUT2D eigenvalue weighted by molar-refractivity contribution is -0.00663. The van der Waals surface area contributed by atoms with Gasteiger partial charge < -0.3 is 9.64 Å². The Hall–Kier alpha value is -2.18. The fourth-order valence-electron chi connectivity index (χ4n) is 3.33. The zero-order valence-electron chi connectivity index (χ0n) is 14.1.